The Morgan fingerprint density at radius 1 is 1.29 bits per heavy atom. The van der Waals surface area contributed by atoms with Crippen LogP contribution in [0.4, 0.5) is 0 Å². The van der Waals surface area contributed by atoms with Gasteiger partial charge in [0.25, 0.3) is 0 Å². The monoisotopic (exact) mass is 311 g/mol. The molecule has 0 spiro atoms. The second kappa shape index (κ2) is 6.07. The minimum absolute atomic E-state index is 0.121. The molecule has 21 heavy (non-hydrogen) atoms. The topological polar surface area (TPSA) is 57.6 Å². The van der Waals surface area contributed by atoms with E-state index in [2.05, 4.69) is 13.8 Å². The molecule has 1 fully saturated rings. The summed E-state index contributed by atoms with van der Waals surface area (Å²) in [7, 11) is -3.47. The van der Waals surface area contributed by atoms with Gasteiger partial charge in [-0.05, 0) is 48.8 Å². The smallest absolute Gasteiger partial charge is 0.243 e. The van der Waals surface area contributed by atoms with E-state index in [1.54, 1.807) is 29.4 Å². The van der Waals surface area contributed by atoms with Crippen molar-refractivity contribution in [3.05, 3.63) is 29.3 Å². The first-order chi connectivity index (χ1) is 9.88. The Labute approximate surface area is 127 Å². The molecular formula is C16H25NO3S. The minimum Gasteiger partial charge on any atom is -0.392 e. The summed E-state index contributed by atoms with van der Waals surface area (Å²) in [6.07, 6.45) is 2.94. The van der Waals surface area contributed by atoms with Crippen molar-refractivity contribution in [2.75, 3.05) is 13.1 Å². The molecule has 1 saturated heterocycles. The SMILES string of the molecule is CCC1(CC)CCN(S(=O)(=O)c2cc(CO)ccc2C)C1. The van der Waals surface area contributed by atoms with Crippen molar-refractivity contribution >= 4 is 10.0 Å². The first-order valence-corrected chi connectivity index (χ1v) is 9.03. The summed E-state index contributed by atoms with van der Waals surface area (Å²) in [4.78, 5) is 0.331. The van der Waals surface area contributed by atoms with Gasteiger partial charge in [0.1, 0.15) is 0 Å². The summed E-state index contributed by atoms with van der Waals surface area (Å²) in [5, 5.41) is 9.23. The minimum atomic E-state index is -3.47. The van der Waals surface area contributed by atoms with E-state index in [4.69, 9.17) is 0 Å². The fraction of sp³-hybridized carbons (Fsp3) is 0.625. The Morgan fingerprint density at radius 2 is 1.95 bits per heavy atom. The first kappa shape index (κ1) is 16.5. The highest BCUT2D eigenvalue weighted by Gasteiger charge is 2.40. The lowest BCUT2D eigenvalue weighted by atomic mass is 9.82. The highest BCUT2D eigenvalue weighted by Crippen LogP contribution is 2.39. The zero-order valence-corrected chi connectivity index (χ0v) is 13.9. The average molecular weight is 311 g/mol. The normalized spacial score (nSPS) is 19.0. The summed E-state index contributed by atoms with van der Waals surface area (Å²) in [5.41, 5.74) is 1.49. The van der Waals surface area contributed by atoms with E-state index in [9.17, 15) is 13.5 Å². The maximum atomic E-state index is 12.9. The van der Waals surface area contributed by atoms with Crippen molar-refractivity contribution in [2.24, 2.45) is 5.41 Å². The molecule has 1 aliphatic heterocycles. The fourth-order valence-electron chi connectivity index (χ4n) is 3.09. The van der Waals surface area contributed by atoms with Gasteiger partial charge in [0.15, 0.2) is 0 Å². The molecule has 0 unspecified atom stereocenters. The van der Waals surface area contributed by atoms with Gasteiger partial charge in [-0.2, -0.15) is 4.31 Å². The zero-order chi connectivity index (χ0) is 15.7. The van der Waals surface area contributed by atoms with Gasteiger partial charge in [0, 0.05) is 13.1 Å². The van der Waals surface area contributed by atoms with Crippen LogP contribution in [-0.4, -0.2) is 30.9 Å². The number of hydrogen-bond donors (Lipinski definition) is 1. The van der Waals surface area contributed by atoms with E-state index in [0.717, 1.165) is 24.8 Å². The highest BCUT2D eigenvalue weighted by molar-refractivity contribution is 7.89. The third kappa shape index (κ3) is 3.00. The molecule has 2 rings (SSSR count). The predicted octanol–water partition coefficient (Wildman–Crippen LogP) is 2.69. The molecular weight excluding hydrogens is 286 g/mol. The molecule has 1 aliphatic rings. The van der Waals surface area contributed by atoms with Crippen LogP contribution in [0.2, 0.25) is 0 Å². The predicted molar refractivity (Wildman–Crippen MR) is 83.5 cm³/mol. The fourth-order valence-corrected chi connectivity index (χ4v) is 4.92. The molecule has 0 bridgehead atoms. The number of aliphatic hydroxyl groups is 1. The van der Waals surface area contributed by atoms with E-state index in [0.29, 0.717) is 23.5 Å². The van der Waals surface area contributed by atoms with Gasteiger partial charge >= 0.3 is 0 Å². The van der Waals surface area contributed by atoms with Crippen LogP contribution >= 0.6 is 0 Å². The summed E-state index contributed by atoms with van der Waals surface area (Å²) in [6.45, 7) is 7.13. The second-order valence-electron chi connectivity index (χ2n) is 6.05. The van der Waals surface area contributed by atoms with E-state index < -0.39 is 10.0 Å². The summed E-state index contributed by atoms with van der Waals surface area (Å²) < 4.78 is 27.4. The molecule has 1 heterocycles. The number of aryl methyl sites for hydroxylation is 1. The number of benzene rings is 1. The number of sulfonamides is 1. The molecule has 1 aromatic carbocycles. The van der Waals surface area contributed by atoms with Gasteiger partial charge in [-0.15, -0.1) is 0 Å². The van der Waals surface area contributed by atoms with Gasteiger partial charge in [0.05, 0.1) is 11.5 Å². The molecule has 4 nitrogen and oxygen atoms in total. The van der Waals surface area contributed by atoms with Crippen LogP contribution in [-0.2, 0) is 16.6 Å². The summed E-state index contributed by atoms with van der Waals surface area (Å²) in [6, 6.07) is 5.13. The van der Waals surface area contributed by atoms with Crippen LogP contribution in [0, 0.1) is 12.3 Å². The number of nitrogens with zero attached hydrogens (tertiary/aromatic N) is 1. The van der Waals surface area contributed by atoms with Gasteiger partial charge in [-0.1, -0.05) is 26.0 Å². The maximum Gasteiger partial charge on any atom is 0.243 e. The molecule has 0 aliphatic carbocycles. The molecule has 0 saturated carbocycles. The van der Waals surface area contributed by atoms with E-state index in [1.165, 1.54) is 0 Å². The lowest BCUT2D eigenvalue weighted by Gasteiger charge is -2.26. The molecule has 0 amide bonds. The molecule has 0 aromatic heterocycles. The average Bonchev–Trinajstić information content (AvgIpc) is 2.93. The number of aliphatic hydroxyl groups excluding tert-OH is 1. The van der Waals surface area contributed by atoms with E-state index >= 15 is 0 Å². The Hall–Kier alpha value is -0.910. The lowest BCUT2D eigenvalue weighted by molar-refractivity contribution is 0.279. The first-order valence-electron chi connectivity index (χ1n) is 7.59. The quantitative estimate of drug-likeness (QED) is 0.909. The van der Waals surface area contributed by atoms with Gasteiger partial charge < -0.3 is 5.11 Å². The molecule has 0 atom stereocenters. The summed E-state index contributed by atoms with van der Waals surface area (Å²) in [5.74, 6) is 0. The van der Waals surface area contributed by atoms with Crippen LogP contribution < -0.4 is 0 Å². The molecule has 5 heteroatoms. The largest absolute Gasteiger partial charge is 0.392 e. The van der Waals surface area contributed by atoms with Crippen molar-refractivity contribution in [1.82, 2.24) is 4.31 Å². The number of rotatable bonds is 5. The molecule has 1 aromatic rings. The van der Waals surface area contributed by atoms with Crippen LogP contribution in [0.15, 0.2) is 23.1 Å². The van der Waals surface area contributed by atoms with Crippen molar-refractivity contribution < 1.29 is 13.5 Å². The van der Waals surface area contributed by atoms with E-state index in [1.807, 2.05) is 0 Å². The Bertz CT molecular complexity index is 606. The van der Waals surface area contributed by atoms with Gasteiger partial charge in [-0.3, -0.25) is 0 Å². The zero-order valence-electron chi connectivity index (χ0n) is 13.1. The number of hydrogen-bond acceptors (Lipinski definition) is 3. The third-order valence-electron chi connectivity index (χ3n) is 4.96. The lowest BCUT2D eigenvalue weighted by Crippen LogP contribution is -2.32. The van der Waals surface area contributed by atoms with E-state index in [-0.39, 0.29) is 12.0 Å². The van der Waals surface area contributed by atoms with Crippen LogP contribution in [0.1, 0.15) is 44.2 Å². The van der Waals surface area contributed by atoms with Gasteiger partial charge in [0.2, 0.25) is 10.0 Å². The Balaban J connectivity index is 2.36. The van der Waals surface area contributed by atoms with Crippen molar-refractivity contribution in [3.63, 3.8) is 0 Å². The summed E-state index contributed by atoms with van der Waals surface area (Å²) >= 11 is 0. The van der Waals surface area contributed by atoms with Crippen LogP contribution in [0.25, 0.3) is 0 Å². The maximum absolute atomic E-state index is 12.9. The molecule has 118 valence electrons. The van der Waals surface area contributed by atoms with Crippen LogP contribution in [0.3, 0.4) is 0 Å². The third-order valence-corrected chi connectivity index (χ3v) is 6.94. The van der Waals surface area contributed by atoms with Crippen molar-refractivity contribution in [2.45, 2.75) is 51.5 Å². The van der Waals surface area contributed by atoms with Crippen molar-refractivity contribution in [3.8, 4) is 0 Å². The molecule has 1 N–H and O–H groups in total. The second-order valence-corrected chi connectivity index (χ2v) is 7.96. The van der Waals surface area contributed by atoms with Gasteiger partial charge in [-0.25, -0.2) is 8.42 Å². The standard InChI is InChI=1S/C16H25NO3S/c1-4-16(5-2)8-9-17(12-16)21(19,20)15-10-14(11-18)7-6-13(15)3/h6-7,10,18H,4-5,8-9,11-12H2,1-3H3. The Morgan fingerprint density at radius 3 is 2.48 bits per heavy atom. The highest BCUT2D eigenvalue weighted by atomic mass is 32.2. The van der Waals surface area contributed by atoms with Crippen molar-refractivity contribution in [1.29, 1.82) is 0 Å². The Kier molecular flexibility index (Phi) is 4.76. The van der Waals surface area contributed by atoms with Crippen LogP contribution in [0.5, 0.6) is 0 Å². The molecule has 0 radical (unpaired) electrons.